The van der Waals surface area contributed by atoms with Gasteiger partial charge in [0.1, 0.15) is 17.5 Å². The van der Waals surface area contributed by atoms with Crippen LogP contribution in [0.5, 0.6) is 0 Å². The van der Waals surface area contributed by atoms with Crippen molar-refractivity contribution in [2.75, 3.05) is 0 Å². The van der Waals surface area contributed by atoms with Gasteiger partial charge in [-0.15, -0.1) is 0 Å². The van der Waals surface area contributed by atoms with Gasteiger partial charge in [0.2, 0.25) is 5.78 Å². The van der Waals surface area contributed by atoms with Gasteiger partial charge in [0.15, 0.2) is 0 Å². The molecule has 0 spiro atoms. The maximum absolute atomic E-state index is 12.9. The van der Waals surface area contributed by atoms with Crippen molar-refractivity contribution in [1.29, 1.82) is 0 Å². The van der Waals surface area contributed by atoms with Crippen molar-refractivity contribution in [1.82, 2.24) is 0 Å². The van der Waals surface area contributed by atoms with E-state index in [1.54, 1.807) is 0 Å². The molecule has 18 heavy (non-hydrogen) atoms. The van der Waals surface area contributed by atoms with Crippen molar-refractivity contribution in [3.63, 3.8) is 0 Å². The number of hydrogen-bond donors (Lipinski definition) is 0. The van der Waals surface area contributed by atoms with Gasteiger partial charge in [-0.1, -0.05) is 0 Å². The van der Waals surface area contributed by atoms with Crippen molar-refractivity contribution < 1.29 is 39.9 Å². The van der Waals surface area contributed by atoms with E-state index in [9.17, 15) is 39.9 Å². The normalized spacial score (nSPS) is 12.7. The van der Waals surface area contributed by atoms with Gasteiger partial charge in [-0.2, -0.15) is 22.0 Å². The lowest BCUT2D eigenvalue weighted by atomic mass is 10.0. The number of Topliss-reactive ketones (excluding diaryl/α,β-unsaturated/α-hetero) is 1. The first-order valence-electron chi connectivity index (χ1n) is 4.12. The lowest BCUT2D eigenvalue weighted by Crippen LogP contribution is -2.44. The molecule has 0 aliphatic rings. The van der Waals surface area contributed by atoms with Gasteiger partial charge >= 0.3 is 12.1 Å². The van der Waals surface area contributed by atoms with Crippen LogP contribution in [0.3, 0.4) is 0 Å². The Hall–Kier alpha value is -1.67. The van der Waals surface area contributed by atoms with Crippen LogP contribution in [0.25, 0.3) is 0 Å². The highest BCUT2D eigenvalue weighted by atomic mass is 19.4. The highest BCUT2D eigenvalue weighted by Gasteiger charge is 2.64. The first-order valence-corrected chi connectivity index (χ1v) is 4.12. The van der Waals surface area contributed by atoms with E-state index in [4.69, 9.17) is 0 Å². The monoisotopic (exact) mass is 278 g/mol. The number of halogens is 8. The maximum atomic E-state index is 12.9. The Morgan fingerprint density at radius 2 is 1.28 bits per heavy atom. The van der Waals surface area contributed by atoms with Crippen molar-refractivity contribution >= 4 is 5.78 Å². The molecule has 0 unspecified atom stereocenters. The number of carbonyl (C=O) groups is 1. The van der Waals surface area contributed by atoms with Crippen LogP contribution >= 0.6 is 0 Å². The Bertz CT molecular complexity index is 467. The predicted molar refractivity (Wildman–Crippen MR) is 41.6 cm³/mol. The molecule has 0 aromatic heterocycles. The number of alkyl halides is 5. The SMILES string of the molecule is O=C(c1c(F)cc(F)cc1F)C(F)(F)C(F)(F)F. The second-order valence-electron chi connectivity index (χ2n) is 3.15. The summed E-state index contributed by atoms with van der Waals surface area (Å²) in [4.78, 5) is 10.8. The second kappa shape index (κ2) is 4.21. The number of rotatable bonds is 2. The third kappa shape index (κ3) is 2.29. The van der Waals surface area contributed by atoms with E-state index in [0.717, 1.165) is 0 Å². The summed E-state index contributed by atoms with van der Waals surface area (Å²) in [6.07, 6.45) is -6.31. The van der Waals surface area contributed by atoms with Crippen LogP contribution in [0, 0.1) is 17.5 Å². The molecule has 0 aliphatic carbocycles. The summed E-state index contributed by atoms with van der Waals surface area (Å²) >= 11 is 0. The van der Waals surface area contributed by atoms with E-state index < -0.39 is 40.9 Å². The molecule has 1 nitrogen and oxygen atoms in total. The van der Waals surface area contributed by atoms with Crippen molar-refractivity contribution in [3.8, 4) is 0 Å². The Morgan fingerprint density at radius 3 is 1.61 bits per heavy atom. The summed E-state index contributed by atoms with van der Waals surface area (Å²) in [5, 5.41) is 0. The zero-order chi connectivity index (χ0) is 14.3. The average molecular weight is 278 g/mol. The molecule has 0 bridgehead atoms. The molecule has 0 N–H and O–H groups in total. The number of ketones is 1. The minimum atomic E-state index is -6.31. The van der Waals surface area contributed by atoms with Crippen molar-refractivity contribution in [3.05, 3.63) is 35.1 Å². The summed E-state index contributed by atoms with van der Waals surface area (Å²) < 4.78 is 98.8. The summed E-state index contributed by atoms with van der Waals surface area (Å²) in [5.74, 6) is -14.9. The molecule has 0 saturated heterocycles. The molecule has 0 atom stereocenters. The highest BCUT2D eigenvalue weighted by molar-refractivity contribution is 6.02. The van der Waals surface area contributed by atoms with Crippen LogP contribution < -0.4 is 0 Å². The minimum Gasteiger partial charge on any atom is -0.287 e. The van der Waals surface area contributed by atoms with Gasteiger partial charge in [0, 0.05) is 12.1 Å². The second-order valence-corrected chi connectivity index (χ2v) is 3.15. The molecular weight excluding hydrogens is 276 g/mol. The van der Waals surface area contributed by atoms with Gasteiger partial charge in [-0.3, -0.25) is 4.79 Å². The topological polar surface area (TPSA) is 17.1 Å². The molecule has 0 aliphatic heterocycles. The Labute approximate surface area is 94.0 Å². The van der Waals surface area contributed by atoms with E-state index in [1.807, 2.05) is 0 Å². The van der Waals surface area contributed by atoms with Crippen molar-refractivity contribution in [2.24, 2.45) is 0 Å². The number of carbonyl (C=O) groups excluding carboxylic acids is 1. The molecule has 1 aromatic rings. The number of benzene rings is 1. The smallest absolute Gasteiger partial charge is 0.287 e. The highest BCUT2D eigenvalue weighted by Crippen LogP contribution is 2.38. The van der Waals surface area contributed by atoms with Crippen LogP contribution in [0.2, 0.25) is 0 Å². The first kappa shape index (κ1) is 14.4. The van der Waals surface area contributed by atoms with E-state index >= 15 is 0 Å². The third-order valence-corrected chi connectivity index (χ3v) is 1.88. The fourth-order valence-electron chi connectivity index (χ4n) is 1.04. The van der Waals surface area contributed by atoms with E-state index in [1.165, 1.54) is 0 Å². The minimum absolute atomic E-state index is 0.178. The van der Waals surface area contributed by atoms with Crippen LogP contribution in [0.15, 0.2) is 12.1 Å². The predicted octanol–water partition coefficient (Wildman–Crippen LogP) is 3.48. The van der Waals surface area contributed by atoms with Gasteiger partial charge in [-0.05, 0) is 0 Å². The molecule has 0 amide bonds. The lowest BCUT2D eigenvalue weighted by Gasteiger charge is -2.18. The zero-order valence-corrected chi connectivity index (χ0v) is 8.09. The van der Waals surface area contributed by atoms with Crippen LogP contribution in [0.1, 0.15) is 10.4 Å². The number of hydrogen-bond acceptors (Lipinski definition) is 1. The van der Waals surface area contributed by atoms with Crippen LogP contribution in [-0.4, -0.2) is 17.9 Å². The largest absolute Gasteiger partial charge is 0.461 e. The molecule has 1 rings (SSSR count). The fraction of sp³-hybridized carbons (Fsp3) is 0.222. The van der Waals surface area contributed by atoms with E-state index in [0.29, 0.717) is 0 Å². The Morgan fingerprint density at radius 1 is 0.889 bits per heavy atom. The standard InChI is InChI=1S/C9H2F8O/c10-3-1-4(11)6(5(12)2-3)7(18)8(13,14)9(15,16)17/h1-2H. The van der Waals surface area contributed by atoms with E-state index in [-0.39, 0.29) is 12.1 Å². The van der Waals surface area contributed by atoms with Gasteiger partial charge in [-0.25, -0.2) is 13.2 Å². The summed E-state index contributed by atoms with van der Waals surface area (Å²) in [7, 11) is 0. The summed E-state index contributed by atoms with van der Waals surface area (Å²) in [5.41, 5.74) is -2.14. The molecule has 0 saturated carbocycles. The zero-order valence-electron chi connectivity index (χ0n) is 8.09. The molecule has 0 radical (unpaired) electrons. The molecule has 9 heteroatoms. The summed E-state index contributed by atoms with van der Waals surface area (Å²) in [6, 6.07) is -0.356. The van der Waals surface area contributed by atoms with Gasteiger partial charge in [0.25, 0.3) is 0 Å². The fourth-order valence-corrected chi connectivity index (χ4v) is 1.04. The molecular formula is C9H2F8O. The molecule has 100 valence electrons. The third-order valence-electron chi connectivity index (χ3n) is 1.88. The van der Waals surface area contributed by atoms with E-state index in [2.05, 4.69) is 0 Å². The Balaban J connectivity index is 3.37. The first-order chi connectivity index (χ1) is 7.98. The van der Waals surface area contributed by atoms with Gasteiger partial charge in [0.05, 0.1) is 5.56 Å². The maximum Gasteiger partial charge on any atom is 0.461 e. The van der Waals surface area contributed by atoms with Crippen LogP contribution in [0.4, 0.5) is 35.1 Å². The van der Waals surface area contributed by atoms with Gasteiger partial charge < -0.3 is 0 Å². The van der Waals surface area contributed by atoms with Crippen molar-refractivity contribution in [2.45, 2.75) is 12.1 Å². The molecule has 0 heterocycles. The lowest BCUT2D eigenvalue weighted by molar-refractivity contribution is -0.255. The average Bonchev–Trinajstić information content (AvgIpc) is 2.13. The quantitative estimate of drug-likeness (QED) is 0.598. The molecule has 1 aromatic carbocycles. The molecule has 0 fully saturated rings. The summed E-state index contributed by atoms with van der Waals surface area (Å²) in [6.45, 7) is 0. The Kier molecular flexibility index (Phi) is 3.37. The van der Waals surface area contributed by atoms with Crippen LogP contribution in [-0.2, 0) is 0 Å².